The van der Waals surface area contributed by atoms with Gasteiger partial charge in [0.25, 0.3) is 0 Å². The lowest BCUT2D eigenvalue weighted by atomic mass is 9.74. The Bertz CT molecular complexity index is 1300. The molecule has 0 radical (unpaired) electrons. The first-order chi connectivity index (χ1) is 21.0. The Morgan fingerprint density at radius 2 is 1.81 bits per heavy atom. The maximum Gasteiger partial charge on any atom is 0.222 e. The number of carbonyl (C=O) groups excluding carboxylic acids is 1. The first-order valence-electron chi connectivity index (χ1n) is 15.6. The summed E-state index contributed by atoms with van der Waals surface area (Å²) in [5, 5.41) is 0. The van der Waals surface area contributed by atoms with Crippen LogP contribution in [0.15, 0.2) is 72.8 Å². The molecule has 7 nitrogen and oxygen atoms in total. The number of nitrogens with zero attached hydrogens (tertiary/aromatic N) is 2. The van der Waals surface area contributed by atoms with Crippen LogP contribution in [-0.4, -0.2) is 64.5 Å². The monoisotopic (exact) mass is 586 g/mol. The Kier molecular flexibility index (Phi) is 11.0. The third-order valence-corrected chi connectivity index (χ3v) is 8.81. The van der Waals surface area contributed by atoms with Gasteiger partial charge in [-0.1, -0.05) is 48.5 Å². The molecule has 1 heterocycles. The number of amides is 1. The van der Waals surface area contributed by atoms with Crippen LogP contribution in [0.3, 0.4) is 0 Å². The minimum absolute atomic E-state index is 0.0758. The van der Waals surface area contributed by atoms with Crippen LogP contribution in [0.5, 0.6) is 11.5 Å². The van der Waals surface area contributed by atoms with Crippen molar-refractivity contribution >= 4 is 11.6 Å². The fraction of sp³-hybridized carbons (Fsp3) is 0.472. The number of carbonyl (C=O) groups is 1. The van der Waals surface area contributed by atoms with Crippen LogP contribution < -0.4 is 14.4 Å². The summed E-state index contributed by atoms with van der Waals surface area (Å²) in [4.78, 5) is 17.5. The zero-order valence-electron chi connectivity index (χ0n) is 25.9. The summed E-state index contributed by atoms with van der Waals surface area (Å²) in [7, 11) is 5.35. The normalized spacial score (nSPS) is 19.8. The molecule has 1 aliphatic carbocycles. The molecule has 3 aromatic rings. The molecular formula is C36H46N2O5. The van der Waals surface area contributed by atoms with Crippen molar-refractivity contribution < 1.29 is 23.7 Å². The Balaban J connectivity index is 1.25. The SMILES string of the molecule is COCCCN1CCOc2ccc(CO[C@H]3CC[C@H](CC(=O)N(C)Cc4ccccc4)C[C@@H]3c3ccc(OC)cc3)cc21. The number of benzene rings is 3. The van der Waals surface area contributed by atoms with Gasteiger partial charge in [-0.15, -0.1) is 0 Å². The highest BCUT2D eigenvalue weighted by Gasteiger charge is 2.34. The Morgan fingerprint density at radius 1 is 1.00 bits per heavy atom. The van der Waals surface area contributed by atoms with Gasteiger partial charge < -0.3 is 28.7 Å². The summed E-state index contributed by atoms with van der Waals surface area (Å²) in [5.41, 5.74) is 4.67. The number of hydrogen-bond donors (Lipinski definition) is 0. The maximum atomic E-state index is 13.2. The van der Waals surface area contributed by atoms with E-state index in [1.54, 1.807) is 14.2 Å². The quantitative estimate of drug-likeness (QED) is 0.215. The van der Waals surface area contributed by atoms with Gasteiger partial charge in [-0.25, -0.2) is 0 Å². The largest absolute Gasteiger partial charge is 0.497 e. The van der Waals surface area contributed by atoms with E-state index in [2.05, 4.69) is 47.4 Å². The van der Waals surface area contributed by atoms with E-state index < -0.39 is 0 Å². The molecule has 3 atom stereocenters. The molecule has 0 unspecified atom stereocenters. The maximum absolute atomic E-state index is 13.2. The molecule has 0 spiro atoms. The summed E-state index contributed by atoms with van der Waals surface area (Å²) >= 11 is 0. The first kappa shape index (κ1) is 30.9. The lowest BCUT2D eigenvalue weighted by molar-refractivity contribution is -0.132. The van der Waals surface area contributed by atoms with Crippen LogP contribution in [0.4, 0.5) is 5.69 Å². The summed E-state index contributed by atoms with van der Waals surface area (Å²) in [5.74, 6) is 2.51. The molecular weight excluding hydrogens is 540 g/mol. The molecule has 1 amide bonds. The van der Waals surface area contributed by atoms with Gasteiger partial charge in [-0.05, 0) is 72.6 Å². The average Bonchev–Trinajstić information content (AvgIpc) is 3.04. The summed E-state index contributed by atoms with van der Waals surface area (Å²) < 4.78 is 23.3. The lowest BCUT2D eigenvalue weighted by Gasteiger charge is -2.37. The molecule has 7 heteroatoms. The molecule has 0 bridgehead atoms. The third-order valence-electron chi connectivity index (χ3n) is 8.81. The van der Waals surface area contributed by atoms with Crippen LogP contribution in [0.2, 0.25) is 0 Å². The van der Waals surface area contributed by atoms with Crippen molar-refractivity contribution in [3.63, 3.8) is 0 Å². The van der Waals surface area contributed by atoms with Crippen molar-refractivity contribution in [3.8, 4) is 11.5 Å². The molecule has 1 fully saturated rings. The Morgan fingerprint density at radius 3 is 2.58 bits per heavy atom. The van der Waals surface area contributed by atoms with E-state index in [-0.39, 0.29) is 17.9 Å². The zero-order valence-corrected chi connectivity index (χ0v) is 25.9. The van der Waals surface area contributed by atoms with Gasteiger partial charge in [-0.3, -0.25) is 4.79 Å². The molecule has 3 aromatic carbocycles. The van der Waals surface area contributed by atoms with E-state index in [1.165, 1.54) is 5.56 Å². The van der Waals surface area contributed by atoms with Crippen molar-refractivity contribution in [2.75, 3.05) is 52.5 Å². The third kappa shape index (κ3) is 8.30. The number of anilines is 1. The smallest absolute Gasteiger partial charge is 0.222 e. The molecule has 1 saturated carbocycles. The van der Waals surface area contributed by atoms with Crippen molar-refractivity contribution in [1.82, 2.24) is 4.90 Å². The zero-order chi connectivity index (χ0) is 30.0. The van der Waals surface area contributed by atoms with Crippen molar-refractivity contribution in [1.29, 1.82) is 0 Å². The molecule has 2 aliphatic rings. The highest BCUT2D eigenvalue weighted by molar-refractivity contribution is 5.76. The van der Waals surface area contributed by atoms with Gasteiger partial charge in [-0.2, -0.15) is 0 Å². The molecule has 230 valence electrons. The second-order valence-electron chi connectivity index (χ2n) is 11.8. The average molecular weight is 587 g/mol. The number of fused-ring (bicyclic) bond motifs is 1. The van der Waals surface area contributed by atoms with Gasteiger partial charge in [0.1, 0.15) is 18.1 Å². The van der Waals surface area contributed by atoms with E-state index in [9.17, 15) is 4.79 Å². The van der Waals surface area contributed by atoms with Crippen molar-refractivity contribution in [2.24, 2.45) is 5.92 Å². The number of methoxy groups -OCH3 is 2. The molecule has 43 heavy (non-hydrogen) atoms. The first-order valence-corrected chi connectivity index (χ1v) is 15.6. The predicted octanol–water partition coefficient (Wildman–Crippen LogP) is 6.45. The number of rotatable bonds is 13. The Hall–Kier alpha value is -3.55. The second-order valence-corrected chi connectivity index (χ2v) is 11.8. The molecule has 1 aliphatic heterocycles. The number of hydrogen-bond acceptors (Lipinski definition) is 6. The van der Waals surface area contributed by atoms with E-state index in [0.717, 1.165) is 73.7 Å². The van der Waals surface area contributed by atoms with Crippen molar-refractivity contribution in [2.45, 2.75) is 57.3 Å². The second kappa shape index (κ2) is 15.3. The van der Waals surface area contributed by atoms with Gasteiger partial charge in [0.05, 0.1) is 32.1 Å². The van der Waals surface area contributed by atoms with Crippen LogP contribution >= 0.6 is 0 Å². The van der Waals surface area contributed by atoms with Crippen molar-refractivity contribution in [3.05, 3.63) is 89.5 Å². The van der Waals surface area contributed by atoms with E-state index in [0.29, 0.717) is 32.1 Å². The van der Waals surface area contributed by atoms with Gasteiger partial charge in [0.15, 0.2) is 0 Å². The molecule has 5 rings (SSSR count). The van der Waals surface area contributed by atoms with Crippen LogP contribution in [0.25, 0.3) is 0 Å². The van der Waals surface area contributed by atoms with Crippen LogP contribution in [-0.2, 0) is 27.4 Å². The van der Waals surface area contributed by atoms with E-state index >= 15 is 0 Å². The van der Waals surface area contributed by atoms with Gasteiger partial charge >= 0.3 is 0 Å². The number of ether oxygens (including phenoxy) is 4. The molecule has 0 aromatic heterocycles. The predicted molar refractivity (Wildman–Crippen MR) is 170 cm³/mol. The summed E-state index contributed by atoms with van der Waals surface area (Å²) in [6.07, 6.45) is 4.45. The fourth-order valence-electron chi connectivity index (χ4n) is 6.41. The topological polar surface area (TPSA) is 60.5 Å². The highest BCUT2D eigenvalue weighted by Crippen LogP contribution is 2.41. The van der Waals surface area contributed by atoms with Gasteiger partial charge in [0, 0.05) is 46.2 Å². The van der Waals surface area contributed by atoms with E-state index in [4.69, 9.17) is 18.9 Å². The van der Waals surface area contributed by atoms with Crippen LogP contribution in [0.1, 0.15) is 54.7 Å². The highest BCUT2D eigenvalue weighted by atomic mass is 16.5. The van der Waals surface area contributed by atoms with Crippen LogP contribution in [0, 0.1) is 5.92 Å². The minimum atomic E-state index is 0.0758. The molecule has 0 saturated heterocycles. The Labute approximate surface area is 256 Å². The lowest BCUT2D eigenvalue weighted by Crippen LogP contribution is -2.34. The molecule has 0 N–H and O–H groups in total. The summed E-state index contributed by atoms with van der Waals surface area (Å²) in [6.45, 7) is 4.45. The fourth-order valence-corrected chi connectivity index (χ4v) is 6.41. The standard InChI is InChI=1S/C36H46N2O5/c1-37(25-27-8-5-4-6-9-27)36(39)24-28-10-16-34(32(22-28)30-12-14-31(41-3)15-13-30)43-26-29-11-17-35-33(23-29)38(19-21-42-35)18-7-20-40-2/h4-6,8-9,11-15,17,23,28,32,34H,7,10,16,18-22,24-26H2,1-3H3/t28-,32+,34-/m0/s1. The van der Waals surface area contributed by atoms with Gasteiger partial charge in [0.2, 0.25) is 5.91 Å². The summed E-state index contributed by atoms with van der Waals surface area (Å²) in [6, 6.07) is 24.9. The minimum Gasteiger partial charge on any atom is -0.497 e. The van der Waals surface area contributed by atoms with E-state index in [1.807, 2.05) is 42.3 Å².